The first kappa shape index (κ1) is 25.7. The molecule has 0 radical (unpaired) electrons. The maximum atomic E-state index is 13.1. The third-order valence-electron chi connectivity index (χ3n) is 5.57. The number of anilines is 2. The zero-order valence-corrected chi connectivity index (χ0v) is 20.6. The summed E-state index contributed by atoms with van der Waals surface area (Å²) in [5.41, 5.74) is 2.32. The van der Waals surface area contributed by atoms with E-state index in [2.05, 4.69) is 10.2 Å². The number of benzene rings is 2. The van der Waals surface area contributed by atoms with Crippen LogP contribution in [0.3, 0.4) is 0 Å². The Balaban J connectivity index is 1.90. The lowest BCUT2D eigenvalue weighted by atomic mass is 10.1. The lowest BCUT2D eigenvalue weighted by Gasteiger charge is -2.31. The molecule has 0 spiro atoms. The second kappa shape index (κ2) is 11.5. The standard InChI is InChI=1S/C24H31N3O6S/c1-4-27(5-2)34(30,31)21-10-11-23(26-12-14-32-15-13-26)22(16-21)25-24(29)20-8-6-19(7-9-20)17-33-18(3)28/h6-11,16H,4-5,12-15,17H2,1-3H3,(H,25,29). The van der Waals surface area contributed by atoms with Crippen LogP contribution in [0.15, 0.2) is 47.4 Å². The lowest BCUT2D eigenvalue weighted by molar-refractivity contribution is -0.142. The number of carbonyl (C=O) groups is 2. The summed E-state index contributed by atoms with van der Waals surface area (Å²) in [6.07, 6.45) is 0. The number of hydrogen-bond acceptors (Lipinski definition) is 7. The van der Waals surface area contributed by atoms with Gasteiger partial charge in [-0.05, 0) is 35.9 Å². The average molecular weight is 490 g/mol. The second-order valence-electron chi connectivity index (χ2n) is 7.80. The van der Waals surface area contributed by atoms with E-state index in [1.165, 1.54) is 17.3 Å². The van der Waals surface area contributed by atoms with Gasteiger partial charge >= 0.3 is 5.97 Å². The van der Waals surface area contributed by atoms with Crippen molar-refractivity contribution >= 4 is 33.3 Å². The van der Waals surface area contributed by atoms with E-state index in [-0.39, 0.29) is 23.4 Å². The van der Waals surface area contributed by atoms with Gasteiger partial charge in [0.05, 0.1) is 29.5 Å². The normalized spacial score (nSPS) is 14.2. The molecule has 0 saturated carbocycles. The number of hydrogen-bond donors (Lipinski definition) is 1. The van der Waals surface area contributed by atoms with Crippen molar-refractivity contribution in [3.63, 3.8) is 0 Å². The van der Waals surface area contributed by atoms with Crippen molar-refractivity contribution < 1.29 is 27.5 Å². The summed E-state index contributed by atoms with van der Waals surface area (Å²) in [5, 5.41) is 2.89. The Bertz CT molecular complexity index is 1110. The van der Waals surface area contributed by atoms with E-state index in [1.807, 2.05) is 0 Å². The molecule has 0 bridgehead atoms. The lowest BCUT2D eigenvalue weighted by Crippen LogP contribution is -2.37. The first-order valence-corrected chi connectivity index (χ1v) is 12.7. The van der Waals surface area contributed by atoms with Crippen LogP contribution < -0.4 is 10.2 Å². The Labute approximate surface area is 200 Å². The summed E-state index contributed by atoms with van der Waals surface area (Å²) in [7, 11) is -3.69. The maximum Gasteiger partial charge on any atom is 0.302 e. The Kier molecular flexibility index (Phi) is 8.65. The van der Waals surface area contributed by atoms with Gasteiger partial charge in [0, 0.05) is 38.7 Å². The molecule has 2 aromatic carbocycles. The van der Waals surface area contributed by atoms with Gasteiger partial charge in [-0.3, -0.25) is 9.59 Å². The van der Waals surface area contributed by atoms with Crippen LogP contribution in [-0.4, -0.2) is 64.0 Å². The molecule has 3 rings (SSSR count). The van der Waals surface area contributed by atoms with E-state index >= 15 is 0 Å². The molecule has 184 valence electrons. The van der Waals surface area contributed by atoms with Crippen molar-refractivity contribution in [2.24, 2.45) is 0 Å². The highest BCUT2D eigenvalue weighted by molar-refractivity contribution is 7.89. The highest BCUT2D eigenvalue weighted by Gasteiger charge is 2.25. The van der Waals surface area contributed by atoms with Crippen LogP contribution in [0, 0.1) is 0 Å². The highest BCUT2D eigenvalue weighted by Crippen LogP contribution is 2.31. The number of sulfonamides is 1. The van der Waals surface area contributed by atoms with Crippen molar-refractivity contribution in [1.29, 1.82) is 0 Å². The first-order chi connectivity index (χ1) is 16.3. The SMILES string of the molecule is CCN(CC)S(=O)(=O)c1ccc(N2CCOCC2)c(NC(=O)c2ccc(COC(C)=O)cc2)c1. The molecular formula is C24H31N3O6S. The largest absolute Gasteiger partial charge is 0.461 e. The molecule has 1 N–H and O–H groups in total. The topological polar surface area (TPSA) is 105 Å². The van der Waals surface area contributed by atoms with Crippen molar-refractivity contribution in [3.8, 4) is 0 Å². The van der Waals surface area contributed by atoms with Gasteiger partial charge in [0.15, 0.2) is 0 Å². The summed E-state index contributed by atoms with van der Waals surface area (Å²) < 4.78 is 37.9. The van der Waals surface area contributed by atoms with Crippen LogP contribution >= 0.6 is 0 Å². The van der Waals surface area contributed by atoms with Crippen LogP contribution in [0.4, 0.5) is 11.4 Å². The molecule has 1 heterocycles. The number of morpholine rings is 1. The monoisotopic (exact) mass is 489 g/mol. The van der Waals surface area contributed by atoms with Gasteiger partial charge in [0.1, 0.15) is 6.61 Å². The number of amides is 1. The summed E-state index contributed by atoms with van der Waals surface area (Å²) in [4.78, 5) is 26.2. The third-order valence-corrected chi connectivity index (χ3v) is 7.62. The van der Waals surface area contributed by atoms with Crippen molar-refractivity contribution in [1.82, 2.24) is 4.31 Å². The highest BCUT2D eigenvalue weighted by atomic mass is 32.2. The van der Waals surface area contributed by atoms with Gasteiger partial charge < -0.3 is 19.7 Å². The van der Waals surface area contributed by atoms with Crippen LogP contribution in [0.5, 0.6) is 0 Å². The quantitative estimate of drug-likeness (QED) is 0.540. The van der Waals surface area contributed by atoms with Crippen LogP contribution in [0.1, 0.15) is 36.7 Å². The number of nitrogens with zero attached hydrogens (tertiary/aromatic N) is 2. The summed E-state index contributed by atoms with van der Waals surface area (Å²) >= 11 is 0. The zero-order chi connectivity index (χ0) is 24.7. The number of rotatable bonds is 9. The van der Waals surface area contributed by atoms with Gasteiger partial charge in [-0.2, -0.15) is 4.31 Å². The van der Waals surface area contributed by atoms with E-state index < -0.39 is 10.0 Å². The molecule has 0 unspecified atom stereocenters. The average Bonchev–Trinajstić information content (AvgIpc) is 2.84. The maximum absolute atomic E-state index is 13.1. The van der Waals surface area contributed by atoms with Crippen LogP contribution in [-0.2, 0) is 30.9 Å². The Morgan fingerprint density at radius 2 is 1.71 bits per heavy atom. The summed E-state index contributed by atoms with van der Waals surface area (Å²) in [5.74, 6) is -0.747. The molecule has 9 nitrogen and oxygen atoms in total. The number of ether oxygens (including phenoxy) is 2. The van der Waals surface area contributed by atoms with Gasteiger partial charge in [-0.15, -0.1) is 0 Å². The van der Waals surface area contributed by atoms with E-state index in [0.717, 1.165) is 11.3 Å². The fourth-order valence-corrected chi connectivity index (χ4v) is 5.18. The molecule has 1 aliphatic heterocycles. The predicted octanol–water partition coefficient (Wildman–Crippen LogP) is 2.87. The number of nitrogens with one attached hydrogen (secondary N) is 1. The summed E-state index contributed by atoms with van der Waals surface area (Å²) in [6.45, 7) is 8.12. The molecule has 0 aromatic heterocycles. The van der Waals surface area contributed by atoms with Gasteiger partial charge in [-0.1, -0.05) is 26.0 Å². The van der Waals surface area contributed by atoms with E-state index in [4.69, 9.17) is 9.47 Å². The molecule has 1 fully saturated rings. The minimum Gasteiger partial charge on any atom is -0.461 e. The Morgan fingerprint density at radius 3 is 2.29 bits per heavy atom. The molecule has 1 amide bonds. The minimum absolute atomic E-state index is 0.125. The van der Waals surface area contributed by atoms with Gasteiger partial charge in [0.2, 0.25) is 10.0 Å². The fourth-order valence-electron chi connectivity index (χ4n) is 3.70. The minimum atomic E-state index is -3.69. The first-order valence-electron chi connectivity index (χ1n) is 11.3. The molecule has 2 aromatic rings. The van der Waals surface area contributed by atoms with Crippen LogP contribution in [0.25, 0.3) is 0 Å². The van der Waals surface area contributed by atoms with Crippen molar-refractivity contribution in [3.05, 3.63) is 53.6 Å². The fraction of sp³-hybridized carbons (Fsp3) is 0.417. The molecule has 0 atom stereocenters. The van der Waals surface area contributed by atoms with Gasteiger partial charge in [-0.25, -0.2) is 8.42 Å². The van der Waals surface area contributed by atoms with Crippen molar-refractivity contribution in [2.75, 3.05) is 49.6 Å². The van der Waals surface area contributed by atoms with Crippen LogP contribution in [0.2, 0.25) is 0 Å². The Morgan fingerprint density at radius 1 is 1.06 bits per heavy atom. The van der Waals surface area contributed by atoms with E-state index in [1.54, 1.807) is 50.2 Å². The third kappa shape index (κ3) is 6.13. The van der Waals surface area contributed by atoms with Gasteiger partial charge in [0.25, 0.3) is 5.91 Å². The second-order valence-corrected chi connectivity index (χ2v) is 9.74. The smallest absolute Gasteiger partial charge is 0.302 e. The molecule has 1 aliphatic rings. The molecule has 34 heavy (non-hydrogen) atoms. The van der Waals surface area contributed by atoms with Crippen molar-refractivity contribution in [2.45, 2.75) is 32.3 Å². The zero-order valence-electron chi connectivity index (χ0n) is 19.7. The predicted molar refractivity (Wildman–Crippen MR) is 129 cm³/mol. The number of esters is 1. The molecule has 1 saturated heterocycles. The van der Waals surface area contributed by atoms with E-state index in [9.17, 15) is 18.0 Å². The number of carbonyl (C=O) groups excluding carboxylic acids is 2. The molecular weight excluding hydrogens is 458 g/mol. The molecule has 10 heteroatoms. The Hall–Kier alpha value is -2.95. The molecule has 0 aliphatic carbocycles. The van der Waals surface area contributed by atoms with E-state index in [0.29, 0.717) is 50.6 Å². The summed E-state index contributed by atoms with van der Waals surface area (Å²) in [6, 6.07) is 11.5.